The van der Waals surface area contributed by atoms with Gasteiger partial charge in [-0.25, -0.2) is 4.39 Å². The summed E-state index contributed by atoms with van der Waals surface area (Å²) in [6.07, 6.45) is 4.32. The fourth-order valence-corrected chi connectivity index (χ4v) is 9.70. The molecule has 5 aliphatic rings. The summed E-state index contributed by atoms with van der Waals surface area (Å²) in [4.78, 5) is 26.1. The molecule has 244 valence electrons. The SMILES string of the molecule is COc1ccc(OCc2ccccc2N)c(F)c1[C@@H]1O[C@@H]2C[C@H]3[C@@H]4CCC5=CC(=O)C=C[C@]5(C)[C@H]4[C@@H](O)C[C@]3(C)[C@]2(C(=O)CO)O1. The Morgan fingerprint density at radius 3 is 2.67 bits per heavy atom. The van der Waals surface area contributed by atoms with Crippen LogP contribution in [0.3, 0.4) is 0 Å². The average Bonchev–Trinajstić information content (AvgIpc) is 3.53. The third-order valence-corrected chi connectivity index (χ3v) is 11.8. The zero-order chi connectivity index (χ0) is 32.6. The molecule has 0 bridgehead atoms. The van der Waals surface area contributed by atoms with Crippen molar-refractivity contribution in [2.75, 3.05) is 19.5 Å². The zero-order valence-corrected chi connectivity index (χ0v) is 26.2. The number of hydrogen-bond donors (Lipinski definition) is 3. The number of allylic oxidation sites excluding steroid dienone is 4. The molecular weight excluding hydrogens is 593 g/mol. The number of anilines is 1. The van der Waals surface area contributed by atoms with Crippen LogP contribution in [0.4, 0.5) is 10.1 Å². The number of aliphatic hydroxyl groups is 2. The van der Waals surface area contributed by atoms with Gasteiger partial charge in [-0.2, -0.15) is 0 Å². The maximum absolute atomic E-state index is 16.3. The van der Waals surface area contributed by atoms with Crippen molar-refractivity contribution in [2.24, 2.45) is 28.6 Å². The van der Waals surface area contributed by atoms with Gasteiger partial charge in [-0.15, -0.1) is 0 Å². The minimum Gasteiger partial charge on any atom is -0.496 e. The van der Waals surface area contributed by atoms with Crippen LogP contribution in [0.5, 0.6) is 11.5 Å². The summed E-state index contributed by atoms with van der Waals surface area (Å²) in [6.45, 7) is 3.24. The Morgan fingerprint density at radius 1 is 1.17 bits per heavy atom. The van der Waals surface area contributed by atoms with Gasteiger partial charge in [-0.3, -0.25) is 9.59 Å². The third kappa shape index (κ3) is 4.26. The lowest BCUT2D eigenvalue weighted by Gasteiger charge is -2.59. The number of nitrogens with two attached hydrogens (primary N) is 1. The number of aliphatic hydroxyl groups excluding tert-OH is 2. The molecule has 2 aromatic rings. The molecule has 9 atom stereocenters. The van der Waals surface area contributed by atoms with Crippen LogP contribution in [-0.2, 0) is 25.7 Å². The number of para-hydroxylation sites is 1. The predicted octanol–water partition coefficient (Wildman–Crippen LogP) is 4.60. The van der Waals surface area contributed by atoms with Gasteiger partial charge >= 0.3 is 0 Å². The highest BCUT2D eigenvalue weighted by atomic mass is 19.1. The largest absolute Gasteiger partial charge is 0.496 e. The van der Waals surface area contributed by atoms with E-state index in [-0.39, 0.29) is 53.6 Å². The van der Waals surface area contributed by atoms with Gasteiger partial charge in [-0.05, 0) is 67.9 Å². The fraction of sp³-hybridized carbons (Fsp3) is 0.500. The van der Waals surface area contributed by atoms with E-state index in [0.717, 1.165) is 12.0 Å². The molecule has 3 saturated carbocycles. The third-order valence-electron chi connectivity index (χ3n) is 11.8. The summed E-state index contributed by atoms with van der Waals surface area (Å²) in [5.74, 6) is -1.53. The molecular formula is C36H40FNO8. The van der Waals surface area contributed by atoms with Crippen LogP contribution in [0, 0.1) is 34.4 Å². The van der Waals surface area contributed by atoms with Gasteiger partial charge in [0.2, 0.25) is 0 Å². The second kappa shape index (κ2) is 11.0. The average molecular weight is 634 g/mol. The normalized spacial score (nSPS) is 37.5. The van der Waals surface area contributed by atoms with Crippen molar-refractivity contribution in [2.45, 2.75) is 70.2 Å². The number of carbonyl (C=O) groups excluding carboxylic acids is 2. The summed E-state index contributed by atoms with van der Waals surface area (Å²) in [5, 5.41) is 22.2. The Balaban J connectivity index is 1.23. The highest BCUT2D eigenvalue weighted by Crippen LogP contribution is 2.70. The molecule has 4 fully saturated rings. The highest BCUT2D eigenvalue weighted by molar-refractivity contribution is 6.01. The van der Waals surface area contributed by atoms with Crippen molar-refractivity contribution >= 4 is 17.3 Å². The molecule has 0 unspecified atom stereocenters. The first-order valence-electron chi connectivity index (χ1n) is 15.9. The first-order chi connectivity index (χ1) is 22.0. The number of hydrogen-bond acceptors (Lipinski definition) is 9. The van der Waals surface area contributed by atoms with Crippen LogP contribution in [-0.4, -0.2) is 53.3 Å². The van der Waals surface area contributed by atoms with E-state index in [4.69, 9.17) is 24.7 Å². The summed E-state index contributed by atoms with van der Waals surface area (Å²) in [6, 6.07) is 10.2. The molecule has 46 heavy (non-hydrogen) atoms. The van der Waals surface area contributed by atoms with Crippen LogP contribution in [0.25, 0.3) is 0 Å². The summed E-state index contributed by atoms with van der Waals surface area (Å²) in [5.41, 5.74) is 5.17. The lowest BCUT2D eigenvalue weighted by molar-refractivity contribution is -0.201. The van der Waals surface area contributed by atoms with Gasteiger partial charge in [0.25, 0.3) is 0 Å². The number of ether oxygens (including phenoxy) is 4. The van der Waals surface area contributed by atoms with E-state index in [1.807, 2.05) is 19.1 Å². The Bertz CT molecular complexity index is 1660. The second-order valence-corrected chi connectivity index (χ2v) is 13.8. The molecule has 4 aliphatic carbocycles. The maximum atomic E-state index is 16.3. The van der Waals surface area contributed by atoms with Crippen molar-refractivity contribution in [3.63, 3.8) is 0 Å². The van der Waals surface area contributed by atoms with E-state index in [1.165, 1.54) is 13.2 Å². The lowest BCUT2D eigenvalue weighted by Crippen LogP contribution is -2.63. The molecule has 1 saturated heterocycles. The summed E-state index contributed by atoms with van der Waals surface area (Å²) >= 11 is 0. The molecule has 0 aromatic heterocycles. The number of fused-ring (bicyclic) bond motifs is 7. The first kappa shape index (κ1) is 31.1. The van der Waals surface area contributed by atoms with Crippen molar-refractivity contribution in [1.29, 1.82) is 0 Å². The standard InChI is InChI=1S/C36H40FNO8/c1-34-13-12-21(40)14-20(34)8-9-22-23-15-29-36(28(42)17-39,35(23,2)16-25(41)31(22)34)46-33(45-29)30-26(43-3)10-11-27(32(30)37)44-18-19-6-4-5-7-24(19)38/h4-7,10-14,22-23,25,29,31,33,39,41H,8-9,15-18,38H2,1-3H3/t22-,23-,25-,29+,31+,33+,34-,35-,36+/m0/s1. The molecule has 9 nitrogen and oxygen atoms in total. The van der Waals surface area contributed by atoms with Crippen LogP contribution < -0.4 is 15.2 Å². The second-order valence-electron chi connectivity index (χ2n) is 13.8. The number of Topliss-reactive ketones (excluding diaryl/α,β-unsaturated/α-hetero) is 1. The van der Waals surface area contributed by atoms with E-state index in [1.54, 1.807) is 36.4 Å². The molecule has 4 N–H and O–H groups in total. The van der Waals surface area contributed by atoms with E-state index in [9.17, 15) is 19.8 Å². The first-order valence-corrected chi connectivity index (χ1v) is 15.9. The van der Waals surface area contributed by atoms with E-state index in [2.05, 4.69) is 6.92 Å². The molecule has 2 aromatic carbocycles. The maximum Gasteiger partial charge on any atom is 0.193 e. The number of benzene rings is 2. The van der Waals surface area contributed by atoms with Crippen LogP contribution in [0.1, 0.15) is 56.9 Å². The van der Waals surface area contributed by atoms with Crippen molar-refractivity contribution in [1.82, 2.24) is 0 Å². The number of halogens is 1. The van der Waals surface area contributed by atoms with Gasteiger partial charge < -0.3 is 34.9 Å². The van der Waals surface area contributed by atoms with Crippen LogP contribution in [0.2, 0.25) is 0 Å². The molecule has 0 amide bonds. The van der Waals surface area contributed by atoms with Gasteiger partial charge in [0.1, 0.15) is 19.0 Å². The molecule has 7 rings (SSSR count). The van der Waals surface area contributed by atoms with Gasteiger partial charge in [0.05, 0.1) is 24.9 Å². The van der Waals surface area contributed by atoms with Gasteiger partial charge in [0, 0.05) is 28.0 Å². The summed E-state index contributed by atoms with van der Waals surface area (Å²) < 4.78 is 40.7. The highest BCUT2D eigenvalue weighted by Gasteiger charge is 2.76. The number of rotatable bonds is 7. The van der Waals surface area contributed by atoms with Crippen molar-refractivity contribution < 1.29 is 43.1 Å². The molecule has 1 aliphatic heterocycles. The number of carbonyl (C=O) groups is 2. The predicted molar refractivity (Wildman–Crippen MR) is 165 cm³/mol. The topological polar surface area (TPSA) is 138 Å². The van der Waals surface area contributed by atoms with Crippen LogP contribution in [0.15, 0.2) is 60.2 Å². The number of ketones is 2. The number of nitrogen functional groups attached to an aromatic ring is 1. The minimum absolute atomic E-state index is 0.00166. The van der Waals surface area contributed by atoms with E-state index in [0.29, 0.717) is 24.1 Å². The molecule has 1 heterocycles. The van der Waals surface area contributed by atoms with Crippen molar-refractivity contribution in [3.8, 4) is 11.5 Å². The van der Waals surface area contributed by atoms with Gasteiger partial charge in [0.15, 0.2) is 35.0 Å². The smallest absolute Gasteiger partial charge is 0.193 e. The Morgan fingerprint density at radius 2 is 1.93 bits per heavy atom. The zero-order valence-electron chi connectivity index (χ0n) is 26.2. The van der Waals surface area contributed by atoms with Crippen molar-refractivity contribution in [3.05, 3.63) is 77.1 Å². The number of methoxy groups -OCH3 is 1. The quantitative estimate of drug-likeness (QED) is 0.374. The molecule has 0 radical (unpaired) electrons. The molecule has 10 heteroatoms. The Hall–Kier alpha value is -3.57. The minimum atomic E-state index is -1.63. The summed E-state index contributed by atoms with van der Waals surface area (Å²) in [7, 11) is 1.41. The Labute approximate surface area is 267 Å². The fourth-order valence-electron chi connectivity index (χ4n) is 9.70. The van der Waals surface area contributed by atoms with E-state index >= 15 is 4.39 Å². The Kier molecular flexibility index (Phi) is 7.43. The monoisotopic (exact) mass is 633 g/mol. The van der Waals surface area contributed by atoms with Gasteiger partial charge in [-0.1, -0.05) is 43.7 Å². The van der Waals surface area contributed by atoms with E-state index < -0.39 is 53.1 Å². The molecule has 0 spiro atoms. The van der Waals surface area contributed by atoms with Crippen LogP contribution >= 0.6 is 0 Å². The lowest BCUT2D eigenvalue weighted by atomic mass is 9.46.